The van der Waals surface area contributed by atoms with Crippen LogP contribution in [0.1, 0.15) is 18.9 Å². The number of hydrogen-bond acceptors (Lipinski definition) is 3. The summed E-state index contributed by atoms with van der Waals surface area (Å²) in [6.45, 7) is 2.46. The third kappa shape index (κ3) is 5.33. The van der Waals surface area contributed by atoms with E-state index in [1.165, 1.54) is 11.8 Å². The van der Waals surface area contributed by atoms with Crippen LogP contribution in [0.25, 0.3) is 0 Å². The molecule has 2 rings (SSSR count). The van der Waals surface area contributed by atoms with Crippen molar-refractivity contribution in [2.24, 2.45) is 0 Å². The summed E-state index contributed by atoms with van der Waals surface area (Å²) >= 11 is 13.5. The first-order valence-corrected chi connectivity index (χ1v) is 9.19. The number of nitrogens with one attached hydrogen (secondary N) is 1. The van der Waals surface area contributed by atoms with Crippen molar-refractivity contribution in [3.8, 4) is 5.75 Å². The number of ether oxygens (including phenoxy) is 1. The first-order chi connectivity index (χ1) is 11.5. The molecular weight excluding hydrogens is 365 g/mol. The second kappa shape index (κ2) is 9.21. The molecule has 0 aliphatic heterocycles. The minimum Gasteiger partial charge on any atom is -0.497 e. The molecule has 2 aromatic rings. The van der Waals surface area contributed by atoms with E-state index in [0.717, 1.165) is 16.2 Å². The molecule has 1 N–H and O–H groups in total. The summed E-state index contributed by atoms with van der Waals surface area (Å²) in [5.41, 5.74) is 1.02. The van der Waals surface area contributed by atoms with Crippen LogP contribution in [0.5, 0.6) is 5.75 Å². The number of carbonyl (C=O) groups excluding carboxylic acids is 1. The zero-order chi connectivity index (χ0) is 17.5. The summed E-state index contributed by atoms with van der Waals surface area (Å²) in [5.74, 6) is 0.786. The topological polar surface area (TPSA) is 38.3 Å². The number of hydrogen-bond donors (Lipinski definition) is 1. The van der Waals surface area contributed by atoms with E-state index in [1.807, 2.05) is 37.3 Å². The van der Waals surface area contributed by atoms with E-state index in [1.54, 1.807) is 19.2 Å². The van der Waals surface area contributed by atoms with Gasteiger partial charge in [-0.1, -0.05) is 42.3 Å². The number of thioether (sulfide) groups is 1. The molecule has 24 heavy (non-hydrogen) atoms. The molecule has 0 bridgehead atoms. The van der Waals surface area contributed by atoms with Crippen LogP contribution in [0, 0.1) is 0 Å². The van der Waals surface area contributed by atoms with Gasteiger partial charge in [-0.3, -0.25) is 4.79 Å². The van der Waals surface area contributed by atoms with Crippen molar-refractivity contribution in [3.63, 3.8) is 0 Å². The van der Waals surface area contributed by atoms with Gasteiger partial charge in [-0.2, -0.15) is 0 Å². The molecule has 0 spiro atoms. The van der Waals surface area contributed by atoms with Gasteiger partial charge in [0.25, 0.3) is 0 Å². The molecule has 0 fully saturated rings. The smallest absolute Gasteiger partial charge is 0.233 e. The van der Waals surface area contributed by atoms with Gasteiger partial charge in [-0.15, -0.1) is 11.8 Å². The Balaban J connectivity index is 1.95. The van der Waals surface area contributed by atoms with Gasteiger partial charge in [0.1, 0.15) is 5.75 Å². The molecular formula is C18H19Cl2NO2S. The first kappa shape index (κ1) is 19.0. The van der Waals surface area contributed by atoms with Crippen molar-refractivity contribution < 1.29 is 9.53 Å². The van der Waals surface area contributed by atoms with Crippen LogP contribution in [0.2, 0.25) is 10.0 Å². The highest BCUT2D eigenvalue weighted by molar-refractivity contribution is 8.00. The Labute approximate surface area is 156 Å². The average Bonchev–Trinajstić information content (AvgIpc) is 2.59. The third-order valence-electron chi connectivity index (χ3n) is 3.45. The zero-order valence-corrected chi connectivity index (χ0v) is 15.8. The van der Waals surface area contributed by atoms with Crippen LogP contribution in [0.3, 0.4) is 0 Å². The van der Waals surface area contributed by atoms with Gasteiger partial charge in [0.2, 0.25) is 5.91 Å². The molecule has 0 saturated heterocycles. The maximum Gasteiger partial charge on any atom is 0.233 e. The SMILES string of the molecule is CCC(Sc1ccc(Cl)cc1Cl)C(=O)NCc1ccc(OC)cc1. The van der Waals surface area contributed by atoms with Crippen molar-refractivity contribution in [2.45, 2.75) is 30.0 Å². The third-order valence-corrected chi connectivity index (χ3v) is 5.55. The summed E-state index contributed by atoms with van der Waals surface area (Å²) in [5, 5.41) is 3.91. The van der Waals surface area contributed by atoms with Crippen molar-refractivity contribution in [2.75, 3.05) is 7.11 Å². The predicted molar refractivity (Wildman–Crippen MR) is 101 cm³/mol. The quantitative estimate of drug-likeness (QED) is 0.668. The van der Waals surface area contributed by atoms with Crippen LogP contribution in [-0.2, 0) is 11.3 Å². The molecule has 2 aromatic carbocycles. The summed E-state index contributed by atoms with van der Waals surface area (Å²) in [6, 6.07) is 12.9. The van der Waals surface area contributed by atoms with Crippen LogP contribution >= 0.6 is 35.0 Å². The van der Waals surface area contributed by atoms with Gasteiger partial charge in [0, 0.05) is 16.5 Å². The lowest BCUT2D eigenvalue weighted by Gasteiger charge is -2.15. The predicted octanol–water partition coefficient (Wildman–Crippen LogP) is 5.19. The second-order valence-corrected chi connectivity index (χ2v) is 7.24. The minimum absolute atomic E-state index is 0.00988. The fourth-order valence-corrected chi connectivity index (χ4v) is 3.62. The van der Waals surface area contributed by atoms with E-state index in [0.29, 0.717) is 23.0 Å². The lowest BCUT2D eigenvalue weighted by atomic mass is 10.2. The van der Waals surface area contributed by atoms with Gasteiger partial charge in [0.05, 0.1) is 17.4 Å². The molecule has 0 radical (unpaired) electrons. The highest BCUT2D eigenvalue weighted by Crippen LogP contribution is 2.33. The molecule has 1 unspecified atom stereocenters. The Hall–Kier alpha value is -1.36. The number of methoxy groups -OCH3 is 1. The Morgan fingerprint density at radius 2 is 1.92 bits per heavy atom. The van der Waals surface area contributed by atoms with E-state index < -0.39 is 0 Å². The van der Waals surface area contributed by atoms with E-state index in [4.69, 9.17) is 27.9 Å². The number of carbonyl (C=O) groups is 1. The largest absolute Gasteiger partial charge is 0.497 e. The van der Waals surface area contributed by atoms with Gasteiger partial charge in [-0.05, 0) is 42.3 Å². The molecule has 0 aliphatic carbocycles. The standard InChI is InChI=1S/C18H19Cl2NO2S/c1-3-16(24-17-9-6-13(19)10-15(17)20)18(22)21-11-12-4-7-14(23-2)8-5-12/h4-10,16H,3,11H2,1-2H3,(H,21,22). The Morgan fingerprint density at radius 3 is 2.50 bits per heavy atom. The molecule has 0 heterocycles. The van der Waals surface area contributed by atoms with Crippen molar-refractivity contribution in [1.82, 2.24) is 5.32 Å². The number of rotatable bonds is 7. The molecule has 128 valence electrons. The summed E-state index contributed by atoms with van der Waals surface area (Å²) in [6.07, 6.45) is 0.706. The fraction of sp³-hybridized carbons (Fsp3) is 0.278. The lowest BCUT2D eigenvalue weighted by molar-refractivity contribution is -0.120. The second-order valence-electron chi connectivity index (χ2n) is 5.16. The lowest BCUT2D eigenvalue weighted by Crippen LogP contribution is -2.31. The minimum atomic E-state index is -0.207. The zero-order valence-electron chi connectivity index (χ0n) is 13.5. The van der Waals surface area contributed by atoms with Crippen molar-refractivity contribution in [1.29, 1.82) is 0 Å². The van der Waals surface area contributed by atoms with Crippen LogP contribution < -0.4 is 10.1 Å². The van der Waals surface area contributed by atoms with Crippen LogP contribution in [-0.4, -0.2) is 18.3 Å². The molecule has 1 atom stereocenters. The molecule has 3 nitrogen and oxygen atoms in total. The van der Waals surface area contributed by atoms with Gasteiger partial charge in [-0.25, -0.2) is 0 Å². The van der Waals surface area contributed by atoms with Crippen LogP contribution in [0.4, 0.5) is 0 Å². The Morgan fingerprint density at radius 1 is 1.21 bits per heavy atom. The highest BCUT2D eigenvalue weighted by Gasteiger charge is 2.19. The number of benzene rings is 2. The van der Waals surface area contributed by atoms with Gasteiger partial charge < -0.3 is 10.1 Å². The summed E-state index contributed by atoms with van der Waals surface area (Å²) in [7, 11) is 1.63. The van der Waals surface area contributed by atoms with E-state index in [2.05, 4.69) is 5.32 Å². The first-order valence-electron chi connectivity index (χ1n) is 7.55. The monoisotopic (exact) mass is 383 g/mol. The summed E-state index contributed by atoms with van der Waals surface area (Å²) in [4.78, 5) is 13.3. The normalized spacial score (nSPS) is 11.8. The maximum atomic E-state index is 12.4. The van der Waals surface area contributed by atoms with Crippen molar-refractivity contribution in [3.05, 3.63) is 58.1 Å². The fourth-order valence-electron chi connectivity index (χ4n) is 2.09. The van der Waals surface area contributed by atoms with E-state index in [9.17, 15) is 4.79 Å². The molecule has 0 aliphatic rings. The highest BCUT2D eigenvalue weighted by atomic mass is 35.5. The van der Waals surface area contributed by atoms with Gasteiger partial charge >= 0.3 is 0 Å². The average molecular weight is 384 g/mol. The van der Waals surface area contributed by atoms with Crippen molar-refractivity contribution >= 4 is 40.9 Å². The van der Waals surface area contributed by atoms with E-state index >= 15 is 0 Å². The molecule has 0 aromatic heterocycles. The number of halogens is 2. The molecule has 1 amide bonds. The van der Waals surface area contributed by atoms with Gasteiger partial charge in [0.15, 0.2) is 0 Å². The Bertz CT molecular complexity index is 692. The number of amides is 1. The molecule has 6 heteroatoms. The van der Waals surface area contributed by atoms with E-state index in [-0.39, 0.29) is 11.2 Å². The Kier molecular flexibility index (Phi) is 7.28. The summed E-state index contributed by atoms with van der Waals surface area (Å²) < 4.78 is 5.12. The maximum absolute atomic E-state index is 12.4. The van der Waals surface area contributed by atoms with Crippen LogP contribution in [0.15, 0.2) is 47.4 Å². The molecule has 0 saturated carbocycles.